The van der Waals surface area contributed by atoms with Crippen molar-refractivity contribution in [2.75, 3.05) is 0 Å². The Morgan fingerprint density at radius 2 is 2.06 bits per heavy atom. The summed E-state index contributed by atoms with van der Waals surface area (Å²) in [5, 5.41) is 0.710. The Hall–Kier alpha value is -1.25. The van der Waals surface area contributed by atoms with Crippen LogP contribution in [0.25, 0.3) is 0 Å². The minimum atomic E-state index is 0.411. The minimum absolute atomic E-state index is 0.411. The van der Waals surface area contributed by atoms with Gasteiger partial charge in [-0.3, -0.25) is 4.98 Å². The van der Waals surface area contributed by atoms with Crippen LogP contribution in [0.2, 0.25) is 5.02 Å². The number of pyridine rings is 1. The highest BCUT2D eigenvalue weighted by Gasteiger charge is 1.98. The van der Waals surface area contributed by atoms with E-state index in [-0.39, 0.29) is 0 Å². The van der Waals surface area contributed by atoms with E-state index in [0.717, 1.165) is 17.0 Å². The number of alkyl halides is 1. The average Bonchev–Trinajstić information content (AvgIpc) is 2.37. The molecular formula is C13H11Cl2NO. The predicted octanol–water partition coefficient (Wildman–Crippen LogP) is 4.05. The highest BCUT2D eigenvalue weighted by Crippen LogP contribution is 2.15. The molecule has 0 N–H and O–H groups in total. The van der Waals surface area contributed by atoms with Crippen molar-refractivity contribution in [2.24, 2.45) is 0 Å². The summed E-state index contributed by atoms with van der Waals surface area (Å²) >= 11 is 11.5. The molecule has 17 heavy (non-hydrogen) atoms. The molecule has 1 aromatic heterocycles. The van der Waals surface area contributed by atoms with E-state index in [4.69, 9.17) is 27.9 Å². The molecule has 0 unspecified atom stereocenters. The quantitative estimate of drug-likeness (QED) is 0.780. The zero-order valence-electron chi connectivity index (χ0n) is 9.07. The van der Waals surface area contributed by atoms with Gasteiger partial charge in [-0.25, -0.2) is 0 Å². The van der Waals surface area contributed by atoms with E-state index in [9.17, 15) is 0 Å². The van der Waals surface area contributed by atoms with Crippen molar-refractivity contribution in [3.8, 4) is 5.75 Å². The molecule has 0 saturated carbocycles. The van der Waals surface area contributed by atoms with E-state index in [1.165, 1.54) is 0 Å². The van der Waals surface area contributed by atoms with E-state index in [1.807, 2.05) is 36.4 Å². The molecule has 0 aliphatic rings. The number of rotatable bonds is 4. The van der Waals surface area contributed by atoms with Crippen LogP contribution in [-0.4, -0.2) is 4.98 Å². The lowest BCUT2D eigenvalue weighted by Gasteiger charge is -2.06. The van der Waals surface area contributed by atoms with Crippen LogP contribution in [0, 0.1) is 0 Å². The lowest BCUT2D eigenvalue weighted by molar-refractivity contribution is 0.305. The third-order valence-corrected chi connectivity index (χ3v) is 2.74. The molecule has 1 aromatic carbocycles. The topological polar surface area (TPSA) is 22.1 Å². The summed E-state index contributed by atoms with van der Waals surface area (Å²) in [6.45, 7) is 0.475. The third kappa shape index (κ3) is 3.62. The summed E-state index contributed by atoms with van der Waals surface area (Å²) in [5.74, 6) is 1.13. The average molecular weight is 268 g/mol. The lowest BCUT2D eigenvalue weighted by Crippen LogP contribution is -1.96. The van der Waals surface area contributed by atoms with E-state index < -0.39 is 0 Å². The Labute approximate surface area is 110 Å². The van der Waals surface area contributed by atoms with E-state index in [2.05, 4.69) is 4.98 Å². The Morgan fingerprint density at radius 1 is 1.18 bits per heavy atom. The van der Waals surface area contributed by atoms with Crippen molar-refractivity contribution in [1.82, 2.24) is 4.98 Å². The van der Waals surface area contributed by atoms with Crippen molar-refractivity contribution in [2.45, 2.75) is 12.5 Å². The Balaban J connectivity index is 1.97. The maximum Gasteiger partial charge on any atom is 0.138 e. The van der Waals surface area contributed by atoms with Crippen LogP contribution in [0.5, 0.6) is 5.75 Å². The van der Waals surface area contributed by atoms with Crippen molar-refractivity contribution in [3.05, 3.63) is 58.9 Å². The molecular weight excluding hydrogens is 257 g/mol. The second-order valence-corrected chi connectivity index (χ2v) is 4.24. The van der Waals surface area contributed by atoms with Crippen LogP contribution < -0.4 is 4.74 Å². The molecule has 0 atom stereocenters. The number of hydrogen-bond acceptors (Lipinski definition) is 2. The van der Waals surface area contributed by atoms with Crippen LogP contribution in [0.15, 0.2) is 42.6 Å². The fraction of sp³-hybridized carbons (Fsp3) is 0.154. The van der Waals surface area contributed by atoms with Gasteiger partial charge in [0.1, 0.15) is 12.4 Å². The van der Waals surface area contributed by atoms with Gasteiger partial charge in [-0.05, 0) is 29.8 Å². The summed E-state index contributed by atoms with van der Waals surface area (Å²) in [6.07, 6.45) is 1.67. The van der Waals surface area contributed by atoms with E-state index in [0.29, 0.717) is 17.5 Å². The fourth-order valence-corrected chi connectivity index (χ4v) is 1.74. The lowest BCUT2D eigenvalue weighted by atomic mass is 10.2. The molecule has 88 valence electrons. The maximum absolute atomic E-state index is 5.88. The SMILES string of the molecule is ClCc1ccc(OCc2cccc(Cl)c2)cn1. The second-order valence-electron chi connectivity index (χ2n) is 3.54. The summed E-state index contributed by atoms with van der Waals surface area (Å²) in [5.41, 5.74) is 1.86. The fourth-order valence-electron chi connectivity index (χ4n) is 1.37. The highest BCUT2D eigenvalue weighted by atomic mass is 35.5. The van der Waals surface area contributed by atoms with Gasteiger partial charge < -0.3 is 4.74 Å². The number of halogens is 2. The molecule has 0 aliphatic heterocycles. The molecule has 2 rings (SSSR count). The number of ether oxygens (including phenoxy) is 1. The minimum Gasteiger partial charge on any atom is -0.487 e. The molecule has 1 heterocycles. The maximum atomic E-state index is 5.88. The van der Waals surface area contributed by atoms with Crippen LogP contribution in [0.4, 0.5) is 0 Å². The first-order valence-corrected chi connectivity index (χ1v) is 6.07. The number of aromatic nitrogens is 1. The van der Waals surface area contributed by atoms with Crippen molar-refractivity contribution < 1.29 is 4.74 Å². The van der Waals surface area contributed by atoms with Gasteiger partial charge in [0.2, 0.25) is 0 Å². The first-order valence-electron chi connectivity index (χ1n) is 5.16. The normalized spacial score (nSPS) is 10.2. The molecule has 0 aliphatic carbocycles. The van der Waals surface area contributed by atoms with E-state index in [1.54, 1.807) is 6.20 Å². The molecule has 0 amide bonds. The second kappa shape index (κ2) is 5.89. The first kappa shape index (κ1) is 12.2. The number of benzene rings is 1. The van der Waals surface area contributed by atoms with Crippen LogP contribution >= 0.6 is 23.2 Å². The molecule has 4 heteroatoms. The van der Waals surface area contributed by atoms with Crippen molar-refractivity contribution in [1.29, 1.82) is 0 Å². The van der Waals surface area contributed by atoms with E-state index >= 15 is 0 Å². The van der Waals surface area contributed by atoms with Gasteiger partial charge in [0, 0.05) is 5.02 Å². The molecule has 0 saturated heterocycles. The van der Waals surface area contributed by atoms with Crippen molar-refractivity contribution in [3.63, 3.8) is 0 Å². The molecule has 0 spiro atoms. The standard InChI is InChI=1S/C13H11Cl2NO/c14-7-12-4-5-13(8-16-12)17-9-10-2-1-3-11(15)6-10/h1-6,8H,7,9H2. The summed E-state index contributed by atoms with van der Waals surface area (Å²) < 4.78 is 5.58. The van der Waals surface area contributed by atoms with Crippen LogP contribution in [0.1, 0.15) is 11.3 Å². The van der Waals surface area contributed by atoms with Crippen LogP contribution in [0.3, 0.4) is 0 Å². The Kier molecular flexibility index (Phi) is 4.24. The van der Waals surface area contributed by atoms with Gasteiger partial charge in [0.05, 0.1) is 17.8 Å². The van der Waals surface area contributed by atoms with Crippen LogP contribution in [-0.2, 0) is 12.5 Å². The van der Waals surface area contributed by atoms with Gasteiger partial charge in [-0.2, -0.15) is 0 Å². The molecule has 2 nitrogen and oxygen atoms in total. The number of nitrogens with zero attached hydrogens (tertiary/aromatic N) is 1. The van der Waals surface area contributed by atoms with Gasteiger partial charge in [-0.1, -0.05) is 23.7 Å². The monoisotopic (exact) mass is 267 g/mol. The van der Waals surface area contributed by atoms with Crippen molar-refractivity contribution >= 4 is 23.2 Å². The van der Waals surface area contributed by atoms with Gasteiger partial charge in [0.25, 0.3) is 0 Å². The highest BCUT2D eigenvalue weighted by molar-refractivity contribution is 6.30. The molecule has 0 radical (unpaired) electrons. The Morgan fingerprint density at radius 3 is 2.71 bits per heavy atom. The molecule has 0 fully saturated rings. The molecule has 0 bridgehead atoms. The summed E-state index contributed by atoms with van der Waals surface area (Å²) in [7, 11) is 0. The third-order valence-electron chi connectivity index (χ3n) is 2.23. The summed E-state index contributed by atoms with van der Waals surface area (Å²) in [6, 6.07) is 11.3. The zero-order chi connectivity index (χ0) is 12.1. The van der Waals surface area contributed by atoms with Gasteiger partial charge >= 0.3 is 0 Å². The number of hydrogen-bond donors (Lipinski definition) is 0. The molecule has 2 aromatic rings. The van der Waals surface area contributed by atoms with Gasteiger partial charge in [0.15, 0.2) is 0 Å². The predicted molar refractivity (Wildman–Crippen MR) is 69.6 cm³/mol. The first-order chi connectivity index (χ1) is 8.28. The van der Waals surface area contributed by atoms with Gasteiger partial charge in [-0.15, -0.1) is 11.6 Å². The zero-order valence-corrected chi connectivity index (χ0v) is 10.6. The Bertz CT molecular complexity index is 485. The largest absolute Gasteiger partial charge is 0.487 e. The smallest absolute Gasteiger partial charge is 0.138 e. The summed E-state index contributed by atoms with van der Waals surface area (Å²) in [4.78, 5) is 4.14.